The number of phosphoric ester groups is 1. The van der Waals surface area contributed by atoms with Crippen LogP contribution >= 0.6 is 7.82 Å². The van der Waals surface area contributed by atoms with Gasteiger partial charge in [0.15, 0.2) is 0 Å². The third-order valence-electron chi connectivity index (χ3n) is 6.66. The molecule has 0 saturated carbocycles. The zero-order chi connectivity index (χ0) is 27.1. The van der Waals surface area contributed by atoms with Gasteiger partial charge >= 0.3 is 7.82 Å². The summed E-state index contributed by atoms with van der Waals surface area (Å²) in [5.41, 5.74) is 0. The lowest BCUT2D eigenvalue weighted by atomic mass is 10.1. The third kappa shape index (κ3) is 28.2. The van der Waals surface area contributed by atoms with Gasteiger partial charge in [-0.25, -0.2) is 4.57 Å². The van der Waals surface area contributed by atoms with Crippen LogP contribution in [0.25, 0.3) is 0 Å². The highest BCUT2D eigenvalue weighted by molar-refractivity contribution is 7.48. The van der Waals surface area contributed by atoms with Crippen LogP contribution in [0.4, 0.5) is 0 Å². The molecule has 4 nitrogen and oxygen atoms in total. The molecule has 5 heteroatoms. The van der Waals surface area contributed by atoms with Gasteiger partial charge < -0.3 is 0 Å². The van der Waals surface area contributed by atoms with Crippen LogP contribution < -0.4 is 0 Å². The molecule has 0 rings (SSSR count). The predicted molar refractivity (Wildman–Crippen MR) is 162 cm³/mol. The number of hydrogen-bond donors (Lipinski definition) is 0. The summed E-state index contributed by atoms with van der Waals surface area (Å²) in [4.78, 5) is 0. The second-order valence-corrected chi connectivity index (χ2v) is 11.9. The minimum atomic E-state index is -3.47. The fourth-order valence-electron chi connectivity index (χ4n) is 4.29. The quantitative estimate of drug-likeness (QED) is 0.0483. The molecule has 0 heterocycles. The van der Waals surface area contributed by atoms with E-state index in [0.717, 1.165) is 57.8 Å². The molecule has 37 heavy (non-hydrogen) atoms. The lowest BCUT2D eigenvalue weighted by Crippen LogP contribution is -2.04. The Morgan fingerprint density at radius 2 is 0.595 bits per heavy atom. The maximum Gasteiger partial charge on any atom is 0.474 e. The van der Waals surface area contributed by atoms with Crippen molar-refractivity contribution in [3.05, 3.63) is 38.0 Å². The van der Waals surface area contributed by atoms with Crippen LogP contribution in [0, 0.1) is 0 Å². The zero-order valence-electron chi connectivity index (χ0n) is 24.3. The van der Waals surface area contributed by atoms with Gasteiger partial charge in [0.25, 0.3) is 0 Å². The molecule has 0 N–H and O–H groups in total. The number of allylic oxidation sites excluding steroid dienone is 3. The van der Waals surface area contributed by atoms with Gasteiger partial charge in [-0.1, -0.05) is 108 Å². The van der Waals surface area contributed by atoms with Crippen molar-refractivity contribution in [1.29, 1.82) is 0 Å². The van der Waals surface area contributed by atoms with Crippen LogP contribution in [0.3, 0.4) is 0 Å². The first kappa shape index (κ1) is 36.3. The van der Waals surface area contributed by atoms with E-state index in [1.165, 1.54) is 89.9 Å². The van der Waals surface area contributed by atoms with Gasteiger partial charge in [-0.05, 0) is 57.8 Å². The molecule has 0 spiro atoms. The van der Waals surface area contributed by atoms with Gasteiger partial charge in [0.2, 0.25) is 0 Å². The third-order valence-corrected chi connectivity index (χ3v) is 8.15. The molecule has 0 unspecified atom stereocenters. The van der Waals surface area contributed by atoms with Crippen molar-refractivity contribution in [3.8, 4) is 0 Å². The van der Waals surface area contributed by atoms with E-state index in [2.05, 4.69) is 19.7 Å². The first-order valence-corrected chi connectivity index (χ1v) is 17.0. The van der Waals surface area contributed by atoms with Gasteiger partial charge in [-0.2, -0.15) is 0 Å². The molecule has 0 saturated heterocycles. The Morgan fingerprint density at radius 3 is 0.838 bits per heavy atom. The summed E-state index contributed by atoms with van der Waals surface area (Å²) in [7, 11) is -3.47. The van der Waals surface area contributed by atoms with Crippen LogP contribution in [-0.4, -0.2) is 19.8 Å². The zero-order valence-corrected chi connectivity index (χ0v) is 25.2. The van der Waals surface area contributed by atoms with E-state index in [9.17, 15) is 4.57 Å². The molecule has 0 atom stereocenters. The van der Waals surface area contributed by atoms with E-state index in [0.29, 0.717) is 19.8 Å². The molecular weight excluding hydrogens is 479 g/mol. The molecule has 218 valence electrons. The summed E-state index contributed by atoms with van der Waals surface area (Å²) in [5, 5.41) is 0. The molecular formula is C32H61O4P. The standard InChI is InChI=1S/C32H61O4P/c1-4-7-10-13-16-19-22-25-28-31-35-37(33,34-30-27-24-21-18-15-12-9-6-3)36-32-29-26-23-20-17-14-11-8-5-2/h4-6H,1-3,7-32H2. The SMILES string of the molecule is C=CCCCCCCCCCOP(=O)(OCCCCCCCCC=C)OCCCCCCCCCC=C. The highest BCUT2D eigenvalue weighted by atomic mass is 31.2. The fraction of sp³-hybridized carbons (Fsp3) is 0.812. The predicted octanol–water partition coefficient (Wildman–Crippen LogP) is 11.7. The topological polar surface area (TPSA) is 44.8 Å². The highest BCUT2D eigenvalue weighted by Gasteiger charge is 2.26. The summed E-state index contributed by atoms with van der Waals surface area (Å²) in [6, 6.07) is 0. The van der Waals surface area contributed by atoms with E-state index in [1.807, 2.05) is 18.2 Å². The van der Waals surface area contributed by atoms with Crippen LogP contribution in [0.5, 0.6) is 0 Å². The van der Waals surface area contributed by atoms with Gasteiger partial charge in [0.05, 0.1) is 19.8 Å². The Hall–Kier alpha value is -0.670. The molecule has 0 aromatic carbocycles. The molecule has 0 aromatic heterocycles. The normalized spacial score (nSPS) is 11.6. The van der Waals surface area contributed by atoms with Gasteiger partial charge in [0.1, 0.15) is 0 Å². The summed E-state index contributed by atoms with van der Waals surface area (Å²) in [5.74, 6) is 0. The average molecular weight is 541 g/mol. The van der Waals surface area contributed by atoms with Crippen molar-refractivity contribution in [2.24, 2.45) is 0 Å². The summed E-state index contributed by atoms with van der Waals surface area (Å²) >= 11 is 0. The smallest absolute Gasteiger partial charge is 0.287 e. The summed E-state index contributed by atoms with van der Waals surface area (Å²) < 4.78 is 30.4. The van der Waals surface area contributed by atoms with Crippen LogP contribution in [-0.2, 0) is 18.1 Å². The van der Waals surface area contributed by atoms with Crippen molar-refractivity contribution in [1.82, 2.24) is 0 Å². The molecule has 0 amide bonds. The second-order valence-electron chi connectivity index (χ2n) is 10.3. The molecule has 0 aliphatic carbocycles. The summed E-state index contributed by atoms with van der Waals surface area (Å²) in [6.07, 6.45) is 32.7. The number of hydrogen-bond acceptors (Lipinski definition) is 4. The molecule has 0 aliphatic rings. The van der Waals surface area contributed by atoms with Gasteiger partial charge in [-0.3, -0.25) is 13.6 Å². The van der Waals surface area contributed by atoms with Crippen molar-refractivity contribution in [2.45, 2.75) is 148 Å². The minimum Gasteiger partial charge on any atom is -0.287 e. The summed E-state index contributed by atoms with van der Waals surface area (Å²) in [6.45, 7) is 12.7. The molecule has 0 aliphatic heterocycles. The van der Waals surface area contributed by atoms with Crippen molar-refractivity contribution >= 4 is 7.82 Å². The molecule has 0 bridgehead atoms. The van der Waals surface area contributed by atoms with Crippen molar-refractivity contribution in [2.75, 3.05) is 19.8 Å². The Morgan fingerprint density at radius 1 is 0.378 bits per heavy atom. The van der Waals surface area contributed by atoms with Crippen LogP contribution in [0.15, 0.2) is 38.0 Å². The lowest BCUT2D eigenvalue weighted by Gasteiger charge is -2.18. The monoisotopic (exact) mass is 540 g/mol. The van der Waals surface area contributed by atoms with Gasteiger partial charge in [-0.15, -0.1) is 19.7 Å². The van der Waals surface area contributed by atoms with E-state index in [-0.39, 0.29) is 0 Å². The van der Waals surface area contributed by atoms with E-state index >= 15 is 0 Å². The Balaban J connectivity index is 4.09. The Kier molecular flexibility index (Phi) is 29.3. The van der Waals surface area contributed by atoms with Crippen LogP contribution in [0.1, 0.15) is 148 Å². The number of unbranched alkanes of at least 4 members (excludes halogenated alkanes) is 20. The van der Waals surface area contributed by atoms with E-state index < -0.39 is 7.82 Å². The van der Waals surface area contributed by atoms with Crippen LogP contribution in [0.2, 0.25) is 0 Å². The van der Waals surface area contributed by atoms with E-state index in [1.54, 1.807) is 0 Å². The van der Waals surface area contributed by atoms with Gasteiger partial charge in [0, 0.05) is 0 Å². The minimum absolute atomic E-state index is 0.444. The van der Waals surface area contributed by atoms with Crippen molar-refractivity contribution in [3.63, 3.8) is 0 Å². The Bertz CT molecular complexity index is 517. The molecule has 0 fully saturated rings. The highest BCUT2D eigenvalue weighted by Crippen LogP contribution is 2.50. The molecule has 0 aromatic rings. The first-order valence-electron chi connectivity index (χ1n) is 15.5. The Labute approximate surface area is 231 Å². The molecule has 0 radical (unpaired) electrons. The average Bonchev–Trinajstić information content (AvgIpc) is 2.90. The second kappa shape index (κ2) is 29.9. The lowest BCUT2D eigenvalue weighted by molar-refractivity contribution is 0.108. The fourth-order valence-corrected chi connectivity index (χ4v) is 5.57. The maximum absolute atomic E-state index is 13.2. The van der Waals surface area contributed by atoms with Crippen molar-refractivity contribution < 1.29 is 18.1 Å². The number of phosphoric acid groups is 1. The maximum atomic E-state index is 13.2. The van der Waals surface area contributed by atoms with E-state index in [4.69, 9.17) is 13.6 Å². The number of rotatable bonds is 32. The first-order chi connectivity index (χ1) is 18.2. The largest absolute Gasteiger partial charge is 0.474 e.